The van der Waals surface area contributed by atoms with Gasteiger partial charge in [0.2, 0.25) is 0 Å². The van der Waals surface area contributed by atoms with Gasteiger partial charge in [-0.2, -0.15) is 0 Å². The molecule has 43 heavy (non-hydrogen) atoms. The maximum atomic E-state index is 6.98. The summed E-state index contributed by atoms with van der Waals surface area (Å²) in [5.74, 6) is 0. The number of hydrogen-bond donors (Lipinski definition) is 0. The van der Waals surface area contributed by atoms with Crippen LogP contribution in [0, 0.1) is 0 Å². The molecule has 1 aliphatic rings. The molecule has 0 aliphatic heterocycles. The highest BCUT2D eigenvalue weighted by Crippen LogP contribution is 2.49. The lowest BCUT2D eigenvalue weighted by Crippen LogP contribution is -1.94. The van der Waals surface area contributed by atoms with Gasteiger partial charge >= 0.3 is 0 Å². The summed E-state index contributed by atoms with van der Waals surface area (Å²) in [6.07, 6.45) is 6.55. The Morgan fingerprint density at radius 3 is 1.70 bits per heavy atom. The number of benzene rings is 7. The first-order chi connectivity index (χ1) is 21.4. The molecule has 0 amide bonds. The number of furan rings is 1. The fourth-order valence-corrected chi connectivity index (χ4v) is 7.25. The third kappa shape index (κ3) is 3.65. The molecule has 1 heterocycles. The van der Waals surface area contributed by atoms with Crippen LogP contribution in [0.2, 0.25) is 0 Å². The zero-order chi connectivity index (χ0) is 28.3. The van der Waals surface area contributed by atoms with E-state index in [1.165, 1.54) is 71.3 Å². The summed E-state index contributed by atoms with van der Waals surface area (Å²) in [5.41, 5.74) is 11.9. The number of hydrogen-bond acceptors (Lipinski definition) is 1. The molecule has 202 valence electrons. The van der Waals surface area contributed by atoms with Crippen LogP contribution in [0.4, 0.5) is 0 Å². The Labute approximate surface area is 250 Å². The first-order valence-corrected chi connectivity index (χ1v) is 15.1. The van der Waals surface area contributed by atoms with Gasteiger partial charge in [-0.1, -0.05) is 133 Å². The highest BCUT2D eigenvalue weighted by atomic mass is 16.3. The minimum atomic E-state index is 0.960. The minimum absolute atomic E-state index is 0.960. The molecule has 9 rings (SSSR count). The van der Waals surface area contributed by atoms with Crippen molar-refractivity contribution >= 4 is 49.6 Å². The second-order valence-electron chi connectivity index (χ2n) is 11.5. The van der Waals surface area contributed by atoms with Gasteiger partial charge in [0.15, 0.2) is 0 Å². The Hall–Kier alpha value is -5.40. The van der Waals surface area contributed by atoms with E-state index in [0.29, 0.717) is 0 Å². The quantitative estimate of drug-likeness (QED) is 0.200. The van der Waals surface area contributed by atoms with Crippen LogP contribution in [0.25, 0.3) is 82.9 Å². The van der Waals surface area contributed by atoms with Crippen molar-refractivity contribution in [2.45, 2.75) is 12.8 Å². The lowest BCUT2D eigenvalue weighted by atomic mass is 9.84. The molecule has 1 aliphatic carbocycles. The molecule has 0 fully saturated rings. The molecule has 7 aromatic carbocycles. The van der Waals surface area contributed by atoms with Gasteiger partial charge in [-0.3, -0.25) is 0 Å². The van der Waals surface area contributed by atoms with Crippen LogP contribution in [0.5, 0.6) is 0 Å². The van der Waals surface area contributed by atoms with Gasteiger partial charge in [0.1, 0.15) is 11.2 Å². The van der Waals surface area contributed by atoms with Crippen LogP contribution in [0.15, 0.2) is 144 Å². The molecule has 0 saturated heterocycles. The maximum absolute atomic E-state index is 6.98. The first-order valence-electron chi connectivity index (χ1n) is 15.1. The minimum Gasteiger partial charge on any atom is -0.455 e. The average molecular weight is 549 g/mol. The van der Waals surface area contributed by atoms with Crippen LogP contribution in [-0.4, -0.2) is 0 Å². The Kier molecular flexibility index (Phi) is 5.39. The molecule has 0 radical (unpaired) electrons. The molecule has 0 saturated carbocycles. The highest BCUT2D eigenvalue weighted by Gasteiger charge is 2.24. The van der Waals surface area contributed by atoms with Crippen LogP contribution in [0.3, 0.4) is 0 Å². The molecule has 1 nitrogen and oxygen atoms in total. The summed E-state index contributed by atoms with van der Waals surface area (Å²) in [7, 11) is 0. The monoisotopic (exact) mass is 548 g/mol. The van der Waals surface area contributed by atoms with Gasteiger partial charge < -0.3 is 4.42 Å². The fraction of sp³-hybridized carbons (Fsp3) is 0.0476. The average Bonchev–Trinajstić information content (AvgIpc) is 3.48. The van der Waals surface area contributed by atoms with Crippen LogP contribution in [0.1, 0.15) is 17.5 Å². The van der Waals surface area contributed by atoms with Crippen molar-refractivity contribution in [2.24, 2.45) is 0 Å². The van der Waals surface area contributed by atoms with Gasteiger partial charge in [0.05, 0.1) is 0 Å². The van der Waals surface area contributed by atoms with E-state index in [2.05, 4.69) is 146 Å². The molecule has 0 unspecified atom stereocenters. The van der Waals surface area contributed by atoms with Crippen molar-refractivity contribution < 1.29 is 4.42 Å². The predicted octanol–water partition coefficient (Wildman–Crippen LogP) is 11.9. The zero-order valence-corrected chi connectivity index (χ0v) is 23.7. The second-order valence-corrected chi connectivity index (χ2v) is 11.5. The maximum Gasteiger partial charge on any atom is 0.143 e. The summed E-state index contributed by atoms with van der Waals surface area (Å²) in [6.45, 7) is 0. The van der Waals surface area contributed by atoms with Gasteiger partial charge in [-0.05, 0) is 79.9 Å². The van der Waals surface area contributed by atoms with E-state index in [1.807, 2.05) is 0 Å². The van der Waals surface area contributed by atoms with Crippen molar-refractivity contribution in [1.29, 1.82) is 0 Å². The lowest BCUT2D eigenvalue weighted by molar-refractivity contribution is 0.662. The normalized spacial score (nSPS) is 12.8. The summed E-state index contributed by atoms with van der Waals surface area (Å²) < 4.78 is 6.98. The van der Waals surface area contributed by atoms with Crippen LogP contribution in [-0.2, 0) is 6.42 Å². The molecule has 0 atom stereocenters. The van der Waals surface area contributed by atoms with Crippen molar-refractivity contribution in [3.63, 3.8) is 0 Å². The number of aryl methyl sites for hydroxylation is 1. The molecule has 1 aromatic heterocycles. The molecule has 1 heteroatoms. The van der Waals surface area contributed by atoms with Crippen LogP contribution < -0.4 is 0 Å². The Morgan fingerprint density at radius 2 is 1.02 bits per heavy atom. The van der Waals surface area contributed by atoms with Gasteiger partial charge in [0, 0.05) is 21.9 Å². The van der Waals surface area contributed by atoms with Crippen LogP contribution >= 0.6 is 0 Å². The number of fused-ring (bicyclic) bond motifs is 7. The van der Waals surface area contributed by atoms with Gasteiger partial charge in [-0.25, -0.2) is 0 Å². The van der Waals surface area contributed by atoms with E-state index >= 15 is 0 Å². The SMILES string of the molecule is C1=Cc2ccc3c(oc4c(-c5ccccc5)ccc(-c5c6ccccc6c(-c6ccccc6)c6ccccc56)c43)c2CC1. The third-order valence-corrected chi connectivity index (χ3v) is 9.13. The first kappa shape index (κ1) is 24.2. The Bertz CT molecular complexity index is 2320. The van der Waals surface area contributed by atoms with E-state index in [1.54, 1.807) is 0 Å². The second kappa shape index (κ2) is 9.58. The topological polar surface area (TPSA) is 13.1 Å². The fourth-order valence-electron chi connectivity index (χ4n) is 7.25. The van der Waals surface area contributed by atoms with E-state index in [9.17, 15) is 0 Å². The van der Waals surface area contributed by atoms with E-state index in [-0.39, 0.29) is 0 Å². The highest BCUT2D eigenvalue weighted by molar-refractivity contribution is 6.26. The van der Waals surface area contributed by atoms with Crippen molar-refractivity contribution in [3.8, 4) is 33.4 Å². The molecule has 0 spiro atoms. The third-order valence-electron chi connectivity index (χ3n) is 9.13. The van der Waals surface area contributed by atoms with Crippen molar-refractivity contribution in [1.82, 2.24) is 0 Å². The largest absolute Gasteiger partial charge is 0.455 e. The zero-order valence-electron chi connectivity index (χ0n) is 23.7. The smallest absolute Gasteiger partial charge is 0.143 e. The summed E-state index contributed by atoms with van der Waals surface area (Å²) in [5, 5.41) is 7.41. The molecular weight excluding hydrogens is 520 g/mol. The molecule has 0 bridgehead atoms. The van der Waals surface area contributed by atoms with E-state index < -0.39 is 0 Å². The van der Waals surface area contributed by atoms with E-state index in [4.69, 9.17) is 4.42 Å². The molecule has 8 aromatic rings. The molecule has 0 N–H and O–H groups in total. The van der Waals surface area contributed by atoms with Gasteiger partial charge in [-0.15, -0.1) is 0 Å². The number of allylic oxidation sites excluding steroid dienone is 1. The number of rotatable bonds is 3. The predicted molar refractivity (Wildman–Crippen MR) is 182 cm³/mol. The van der Waals surface area contributed by atoms with Gasteiger partial charge in [0.25, 0.3) is 0 Å². The summed E-state index contributed by atoms with van der Waals surface area (Å²) >= 11 is 0. The van der Waals surface area contributed by atoms with E-state index in [0.717, 1.165) is 29.6 Å². The van der Waals surface area contributed by atoms with Crippen molar-refractivity contribution in [3.05, 3.63) is 151 Å². The Morgan fingerprint density at radius 1 is 0.442 bits per heavy atom. The summed E-state index contributed by atoms with van der Waals surface area (Å²) in [4.78, 5) is 0. The Balaban J connectivity index is 1.47. The summed E-state index contributed by atoms with van der Waals surface area (Å²) in [6, 6.07) is 48.4. The standard InChI is InChI=1S/C42H28O/c1-3-13-27(14-4-1)31-25-26-36(40-37-24-23-28-15-7-8-18-30(28)41(37)43-42(31)40)39-34-21-11-9-19-32(34)38(29-16-5-2-6-17-29)33-20-10-12-22-35(33)39/h1-7,9-17,19-26H,8,18H2. The molecular formula is C42H28O. The lowest BCUT2D eigenvalue weighted by Gasteiger charge is -2.18. The van der Waals surface area contributed by atoms with Crippen molar-refractivity contribution in [2.75, 3.05) is 0 Å².